The molecule has 0 aliphatic heterocycles. The Kier molecular flexibility index (Phi) is 4.38. The lowest BCUT2D eigenvalue weighted by atomic mass is 10.1. The number of anilines is 1. The normalized spacial score (nSPS) is 10.7. The van der Waals surface area contributed by atoms with Crippen LogP contribution in [-0.2, 0) is 13.0 Å². The van der Waals surface area contributed by atoms with Crippen LogP contribution < -0.4 is 5.32 Å². The largest absolute Gasteiger partial charge is 0.365 e. The van der Waals surface area contributed by atoms with Gasteiger partial charge < -0.3 is 5.32 Å². The molecule has 0 spiro atoms. The summed E-state index contributed by atoms with van der Waals surface area (Å²) < 4.78 is 0. The van der Waals surface area contributed by atoms with Crippen molar-refractivity contribution in [1.82, 2.24) is 9.97 Å². The minimum atomic E-state index is 0.728. The van der Waals surface area contributed by atoms with E-state index < -0.39 is 0 Å². The Bertz CT molecular complexity index is 966. The summed E-state index contributed by atoms with van der Waals surface area (Å²) in [5, 5.41) is 4.53. The summed E-state index contributed by atoms with van der Waals surface area (Å²) in [7, 11) is 0. The van der Waals surface area contributed by atoms with Crippen molar-refractivity contribution in [3.63, 3.8) is 0 Å². The van der Waals surface area contributed by atoms with Gasteiger partial charge in [-0.2, -0.15) is 0 Å². The number of hydrogen-bond acceptors (Lipinski definition) is 3. The molecule has 1 N–H and O–H groups in total. The zero-order valence-corrected chi connectivity index (χ0v) is 13.9. The molecule has 3 aromatic carbocycles. The van der Waals surface area contributed by atoms with Gasteiger partial charge in [0.1, 0.15) is 11.6 Å². The number of rotatable bonds is 5. The fourth-order valence-corrected chi connectivity index (χ4v) is 2.90. The number of nitrogens with one attached hydrogen (secondary N) is 1. The molecule has 3 nitrogen and oxygen atoms in total. The maximum Gasteiger partial charge on any atom is 0.137 e. The fraction of sp³-hybridized carbons (Fsp3) is 0.0909. The van der Waals surface area contributed by atoms with Gasteiger partial charge in [0.25, 0.3) is 0 Å². The molecule has 0 aliphatic carbocycles. The van der Waals surface area contributed by atoms with Crippen molar-refractivity contribution in [2.24, 2.45) is 0 Å². The minimum absolute atomic E-state index is 0.728. The van der Waals surface area contributed by atoms with E-state index in [2.05, 4.69) is 47.8 Å². The molecule has 0 bridgehead atoms. The summed E-state index contributed by atoms with van der Waals surface area (Å²) in [6.45, 7) is 0.743. The summed E-state index contributed by atoms with van der Waals surface area (Å²) in [4.78, 5) is 9.52. The Morgan fingerprint density at radius 1 is 0.640 bits per heavy atom. The van der Waals surface area contributed by atoms with Gasteiger partial charge in [0.15, 0.2) is 0 Å². The SMILES string of the molecule is c1ccc(CNc2nc(Cc3ccccc3)nc3ccccc23)cc1. The van der Waals surface area contributed by atoms with Crippen LogP contribution in [0.3, 0.4) is 0 Å². The number of nitrogens with zero attached hydrogens (tertiary/aromatic N) is 2. The Balaban J connectivity index is 1.66. The van der Waals surface area contributed by atoms with E-state index in [1.165, 1.54) is 11.1 Å². The molecule has 25 heavy (non-hydrogen) atoms. The third-order valence-corrected chi connectivity index (χ3v) is 4.16. The second kappa shape index (κ2) is 7.14. The van der Waals surface area contributed by atoms with E-state index >= 15 is 0 Å². The Hall–Kier alpha value is -3.20. The Morgan fingerprint density at radius 2 is 1.28 bits per heavy atom. The molecule has 0 radical (unpaired) electrons. The van der Waals surface area contributed by atoms with E-state index in [0.29, 0.717) is 0 Å². The van der Waals surface area contributed by atoms with Gasteiger partial charge in [0.05, 0.1) is 5.52 Å². The second-order valence-electron chi connectivity index (χ2n) is 6.01. The first-order chi connectivity index (χ1) is 12.4. The number of fused-ring (bicyclic) bond motifs is 1. The van der Waals surface area contributed by atoms with E-state index in [1.807, 2.05) is 42.5 Å². The van der Waals surface area contributed by atoms with Crippen LogP contribution >= 0.6 is 0 Å². The van der Waals surface area contributed by atoms with Crippen LogP contribution in [0.4, 0.5) is 5.82 Å². The molecule has 122 valence electrons. The summed E-state index contributed by atoms with van der Waals surface area (Å²) in [5.74, 6) is 1.72. The van der Waals surface area contributed by atoms with Gasteiger partial charge in [0, 0.05) is 18.4 Å². The molecule has 4 aromatic rings. The first-order valence-corrected chi connectivity index (χ1v) is 8.46. The van der Waals surface area contributed by atoms with Crippen molar-refractivity contribution >= 4 is 16.7 Å². The summed E-state index contributed by atoms with van der Waals surface area (Å²) in [6.07, 6.45) is 0.728. The van der Waals surface area contributed by atoms with Crippen molar-refractivity contribution in [2.75, 3.05) is 5.32 Å². The second-order valence-corrected chi connectivity index (χ2v) is 6.01. The highest BCUT2D eigenvalue weighted by molar-refractivity contribution is 5.89. The number of hydrogen-bond donors (Lipinski definition) is 1. The average Bonchev–Trinajstić information content (AvgIpc) is 2.68. The van der Waals surface area contributed by atoms with Crippen LogP contribution in [0.15, 0.2) is 84.9 Å². The zero-order valence-electron chi connectivity index (χ0n) is 13.9. The average molecular weight is 325 g/mol. The van der Waals surface area contributed by atoms with Crippen LogP contribution in [0.1, 0.15) is 17.0 Å². The Labute approximate surface area is 147 Å². The molecule has 1 heterocycles. The molecule has 4 rings (SSSR count). The monoisotopic (exact) mass is 325 g/mol. The van der Waals surface area contributed by atoms with Gasteiger partial charge in [-0.15, -0.1) is 0 Å². The molecule has 3 heteroatoms. The quantitative estimate of drug-likeness (QED) is 0.571. The van der Waals surface area contributed by atoms with E-state index in [-0.39, 0.29) is 0 Å². The van der Waals surface area contributed by atoms with E-state index in [0.717, 1.165) is 35.5 Å². The highest BCUT2D eigenvalue weighted by Crippen LogP contribution is 2.21. The topological polar surface area (TPSA) is 37.8 Å². The van der Waals surface area contributed by atoms with Crippen molar-refractivity contribution < 1.29 is 0 Å². The number of para-hydroxylation sites is 1. The van der Waals surface area contributed by atoms with Crippen molar-refractivity contribution in [3.8, 4) is 0 Å². The number of benzene rings is 3. The highest BCUT2D eigenvalue weighted by atomic mass is 15.0. The predicted molar refractivity (Wildman–Crippen MR) is 103 cm³/mol. The maximum absolute atomic E-state index is 4.79. The van der Waals surface area contributed by atoms with E-state index in [9.17, 15) is 0 Å². The molecule has 0 amide bonds. The van der Waals surface area contributed by atoms with Crippen LogP contribution in [-0.4, -0.2) is 9.97 Å². The van der Waals surface area contributed by atoms with Gasteiger partial charge in [-0.25, -0.2) is 9.97 Å². The van der Waals surface area contributed by atoms with Gasteiger partial charge in [-0.3, -0.25) is 0 Å². The molecule has 0 atom stereocenters. The van der Waals surface area contributed by atoms with Crippen molar-refractivity contribution in [2.45, 2.75) is 13.0 Å². The molecule has 0 saturated carbocycles. The van der Waals surface area contributed by atoms with Gasteiger partial charge in [-0.05, 0) is 23.3 Å². The van der Waals surface area contributed by atoms with Gasteiger partial charge in [0.2, 0.25) is 0 Å². The summed E-state index contributed by atoms with van der Waals surface area (Å²) in [6, 6.07) is 28.8. The molecule has 0 aliphatic rings. The first kappa shape index (κ1) is 15.3. The van der Waals surface area contributed by atoms with Crippen LogP contribution in [0.2, 0.25) is 0 Å². The fourth-order valence-electron chi connectivity index (χ4n) is 2.90. The molecular formula is C22H19N3. The van der Waals surface area contributed by atoms with E-state index in [1.54, 1.807) is 0 Å². The van der Waals surface area contributed by atoms with Gasteiger partial charge in [-0.1, -0.05) is 72.8 Å². The highest BCUT2D eigenvalue weighted by Gasteiger charge is 2.08. The third-order valence-electron chi connectivity index (χ3n) is 4.16. The van der Waals surface area contributed by atoms with Crippen molar-refractivity contribution in [3.05, 3.63) is 102 Å². The lowest BCUT2D eigenvalue weighted by molar-refractivity contribution is 0.981. The zero-order chi connectivity index (χ0) is 16.9. The van der Waals surface area contributed by atoms with Crippen LogP contribution in [0.5, 0.6) is 0 Å². The van der Waals surface area contributed by atoms with Crippen LogP contribution in [0.25, 0.3) is 10.9 Å². The molecule has 0 unspecified atom stereocenters. The standard InChI is InChI=1S/C22H19N3/c1-3-9-17(10-4-1)15-21-24-20-14-8-7-13-19(20)22(25-21)23-16-18-11-5-2-6-12-18/h1-14H,15-16H2,(H,23,24,25). The molecule has 0 fully saturated rings. The minimum Gasteiger partial charge on any atom is -0.365 e. The Morgan fingerprint density at radius 3 is 2.04 bits per heavy atom. The first-order valence-electron chi connectivity index (χ1n) is 8.46. The smallest absolute Gasteiger partial charge is 0.137 e. The molecule has 0 saturated heterocycles. The van der Waals surface area contributed by atoms with E-state index in [4.69, 9.17) is 9.97 Å². The van der Waals surface area contributed by atoms with Gasteiger partial charge >= 0.3 is 0 Å². The van der Waals surface area contributed by atoms with Crippen LogP contribution in [0, 0.1) is 0 Å². The predicted octanol–water partition coefficient (Wildman–Crippen LogP) is 4.83. The van der Waals surface area contributed by atoms with Crippen molar-refractivity contribution in [1.29, 1.82) is 0 Å². The summed E-state index contributed by atoms with van der Waals surface area (Å²) >= 11 is 0. The molecule has 1 aromatic heterocycles. The lowest BCUT2D eigenvalue weighted by Crippen LogP contribution is -2.06. The summed E-state index contributed by atoms with van der Waals surface area (Å²) in [5.41, 5.74) is 3.42. The third kappa shape index (κ3) is 3.66. The lowest BCUT2D eigenvalue weighted by Gasteiger charge is -2.11. The number of aromatic nitrogens is 2. The maximum atomic E-state index is 4.79. The molecular weight excluding hydrogens is 306 g/mol.